The van der Waals surface area contributed by atoms with Crippen molar-refractivity contribution < 1.29 is 22.7 Å². The van der Waals surface area contributed by atoms with Gasteiger partial charge < -0.3 is 9.64 Å². The van der Waals surface area contributed by atoms with Crippen LogP contribution in [0.15, 0.2) is 67.0 Å². The van der Waals surface area contributed by atoms with Crippen LogP contribution in [0.2, 0.25) is 0 Å². The third-order valence-corrected chi connectivity index (χ3v) is 5.84. The van der Waals surface area contributed by atoms with E-state index in [9.17, 15) is 23.2 Å². The monoisotopic (exact) mass is 489 g/mol. The first-order valence-electron chi connectivity index (χ1n) is 10.9. The van der Waals surface area contributed by atoms with E-state index < -0.39 is 11.7 Å². The lowest BCUT2D eigenvalue weighted by molar-refractivity contribution is -0.137. The first-order valence-corrected chi connectivity index (χ1v) is 10.9. The molecule has 10 heteroatoms. The van der Waals surface area contributed by atoms with Crippen LogP contribution in [-0.2, 0) is 26.3 Å². The lowest BCUT2D eigenvalue weighted by atomic mass is 10.1. The van der Waals surface area contributed by atoms with Crippen LogP contribution in [0, 0.1) is 11.3 Å². The van der Waals surface area contributed by atoms with Gasteiger partial charge in [-0.3, -0.25) is 9.48 Å². The number of aryl methyl sites for hydroxylation is 1. The minimum atomic E-state index is -4.59. The highest BCUT2D eigenvalue weighted by Crippen LogP contribution is 2.36. The van der Waals surface area contributed by atoms with Crippen molar-refractivity contribution in [1.29, 1.82) is 5.26 Å². The SMILES string of the molecule is Cn1ccc(-c2ccc(CN3Cc4ccnc(Oc5ccc(C(F)(F)F)cc5C#N)c4C3=O)cc2)n1. The summed E-state index contributed by atoms with van der Waals surface area (Å²) in [6.45, 7) is 0.673. The molecule has 0 aliphatic carbocycles. The molecule has 0 saturated heterocycles. The first-order chi connectivity index (χ1) is 17.2. The van der Waals surface area contributed by atoms with Crippen LogP contribution >= 0.6 is 0 Å². The number of nitriles is 1. The van der Waals surface area contributed by atoms with Crippen LogP contribution in [-0.4, -0.2) is 25.6 Å². The summed E-state index contributed by atoms with van der Waals surface area (Å²) >= 11 is 0. The van der Waals surface area contributed by atoms with E-state index in [0.29, 0.717) is 24.7 Å². The highest BCUT2D eigenvalue weighted by molar-refractivity contribution is 6.00. The average molecular weight is 489 g/mol. The number of ether oxygens (including phenoxy) is 1. The summed E-state index contributed by atoms with van der Waals surface area (Å²) in [5.41, 5.74) is 2.36. The number of carbonyl (C=O) groups is 1. The van der Waals surface area contributed by atoms with Crippen molar-refractivity contribution in [2.75, 3.05) is 0 Å². The summed E-state index contributed by atoms with van der Waals surface area (Å²) in [5, 5.41) is 13.7. The van der Waals surface area contributed by atoms with Crippen molar-refractivity contribution in [3.05, 3.63) is 94.8 Å². The van der Waals surface area contributed by atoms with Gasteiger partial charge in [0.1, 0.15) is 17.4 Å². The summed E-state index contributed by atoms with van der Waals surface area (Å²) in [6.07, 6.45) is -1.27. The maximum Gasteiger partial charge on any atom is 0.416 e. The Kier molecular flexibility index (Phi) is 5.68. The lowest BCUT2D eigenvalue weighted by Crippen LogP contribution is -2.23. The van der Waals surface area contributed by atoms with Gasteiger partial charge in [0, 0.05) is 38.1 Å². The fraction of sp³-hybridized carbons (Fsp3) is 0.154. The zero-order chi connectivity index (χ0) is 25.4. The summed E-state index contributed by atoms with van der Waals surface area (Å²) in [5.74, 6) is -0.475. The van der Waals surface area contributed by atoms with Crippen molar-refractivity contribution >= 4 is 5.91 Å². The zero-order valence-electron chi connectivity index (χ0n) is 19.0. The number of fused-ring (bicyclic) bond motifs is 1. The largest absolute Gasteiger partial charge is 0.437 e. The molecule has 0 radical (unpaired) electrons. The quantitative estimate of drug-likeness (QED) is 0.379. The van der Waals surface area contributed by atoms with E-state index >= 15 is 0 Å². The second kappa shape index (κ2) is 8.85. The van der Waals surface area contributed by atoms with Crippen molar-refractivity contribution in [1.82, 2.24) is 19.7 Å². The molecule has 0 atom stereocenters. The van der Waals surface area contributed by atoms with Gasteiger partial charge in [-0.25, -0.2) is 4.98 Å². The van der Waals surface area contributed by atoms with E-state index in [1.165, 1.54) is 6.20 Å². The Morgan fingerprint density at radius 3 is 2.56 bits per heavy atom. The molecule has 7 nitrogen and oxygen atoms in total. The predicted octanol–water partition coefficient (Wildman–Crippen LogP) is 5.32. The normalized spacial score (nSPS) is 13.0. The predicted molar refractivity (Wildman–Crippen MR) is 123 cm³/mol. The molecule has 0 fully saturated rings. The third-order valence-electron chi connectivity index (χ3n) is 5.84. The lowest BCUT2D eigenvalue weighted by Gasteiger charge is -2.16. The molecule has 36 heavy (non-hydrogen) atoms. The van der Waals surface area contributed by atoms with E-state index in [1.54, 1.807) is 21.7 Å². The Hall–Kier alpha value is -4.65. The molecule has 4 aromatic rings. The molecule has 0 N–H and O–H groups in total. The molecular weight excluding hydrogens is 471 g/mol. The van der Waals surface area contributed by atoms with Gasteiger partial charge in [0.05, 0.1) is 16.8 Å². The van der Waals surface area contributed by atoms with E-state index in [0.717, 1.165) is 29.0 Å². The number of alkyl halides is 3. The molecule has 2 aromatic carbocycles. The topological polar surface area (TPSA) is 84.0 Å². The number of aromatic nitrogens is 3. The fourth-order valence-corrected chi connectivity index (χ4v) is 4.04. The molecule has 0 unspecified atom stereocenters. The van der Waals surface area contributed by atoms with Crippen molar-refractivity contribution in [3.8, 4) is 29.0 Å². The van der Waals surface area contributed by atoms with Crippen LogP contribution in [0.1, 0.15) is 32.6 Å². The van der Waals surface area contributed by atoms with Crippen molar-refractivity contribution in [2.45, 2.75) is 19.3 Å². The average Bonchev–Trinajstić information content (AvgIpc) is 3.43. The van der Waals surface area contributed by atoms with E-state index in [2.05, 4.69) is 10.1 Å². The van der Waals surface area contributed by atoms with E-state index in [4.69, 9.17) is 4.74 Å². The molecule has 1 aliphatic rings. The van der Waals surface area contributed by atoms with Gasteiger partial charge >= 0.3 is 6.18 Å². The Morgan fingerprint density at radius 2 is 1.89 bits per heavy atom. The number of benzene rings is 2. The molecule has 5 rings (SSSR count). The van der Waals surface area contributed by atoms with Gasteiger partial charge in [-0.2, -0.15) is 23.5 Å². The number of amides is 1. The third kappa shape index (κ3) is 4.38. The van der Waals surface area contributed by atoms with E-state index in [-0.39, 0.29) is 28.7 Å². The Balaban J connectivity index is 1.36. The molecule has 1 aliphatic heterocycles. The van der Waals surface area contributed by atoms with Gasteiger partial charge in [-0.05, 0) is 41.5 Å². The van der Waals surface area contributed by atoms with Gasteiger partial charge in [0.25, 0.3) is 5.91 Å². The number of carbonyl (C=O) groups excluding carboxylic acids is 1. The highest BCUT2D eigenvalue weighted by Gasteiger charge is 2.33. The van der Waals surface area contributed by atoms with Crippen molar-refractivity contribution in [2.24, 2.45) is 7.05 Å². The minimum absolute atomic E-state index is 0.0539. The van der Waals surface area contributed by atoms with E-state index in [1.807, 2.05) is 43.6 Å². The number of hydrogen-bond donors (Lipinski definition) is 0. The Labute approximate surface area is 204 Å². The molecular formula is C26H18F3N5O2. The maximum atomic E-state index is 13.2. The highest BCUT2D eigenvalue weighted by atomic mass is 19.4. The summed E-state index contributed by atoms with van der Waals surface area (Å²) in [6, 6.07) is 15.6. The first kappa shape index (κ1) is 23.1. The van der Waals surface area contributed by atoms with Crippen molar-refractivity contribution in [3.63, 3.8) is 0 Å². The molecule has 0 bridgehead atoms. The van der Waals surface area contributed by atoms with Crippen LogP contribution in [0.3, 0.4) is 0 Å². The second-order valence-corrected chi connectivity index (χ2v) is 8.31. The number of rotatable bonds is 5. The molecule has 3 heterocycles. The Morgan fingerprint density at radius 1 is 1.11 bits per heavy atom. The Bertz CT molecular complexity index is 1500. The zero-order valence-corrected chi connectivity index (χ0v) is 19.0. The molecule has 0 spiro atoms. The molecule has 0 saturated carbocycles. The molecule has 180 valence electrons. The van der Waals surface area contributed by atoms with Gasteiger partial charge in [0.15, 0.2) is 0 Å². The number of pyridine rings is 1. The van der Waals surface area contributed by atoms with Crippen LogP contribution in [0.25, 0.3) is 11.3 Å². The number of nitrogens with zero attached hydrogens (tertiary/aromatic N) is 5. The van der Waals surface area contributed by atoms with Gasteiger partial charge in [-0.1, -0.05) is 24.3 Å². The molecule has 1 amide bonds. The minimum Gasteiger partial charge on any atom is -0.437 e. The van der Waals surface area contributed by atoms with Crippen LogP contribution in [0.5, 0.6) is 11.6 Å². The smallest absolute Gasteiger partial charge is 0.416 e. The van der Waals surface area contributed by atoms with Crippen LogP contribution < -0.4 is 4.74 Å². The summed E-state index contributed by atoms with van der Waals surface area (Å²) in [4.78, 5) is 19.0. The maximum absolute atomic E-state index is 13.2. The summed E-state index contributed by atoms with van der Waals surface area (Å²) in [7, 11) is 1.85. The van der Waals surface area contributed by atoms with Gasteiger partial charge in [-0.15, -0.1) is 0 Å². The standard InChI is InChI=1S/C26H18F3N5O2/c1-33-11-9-21(32-33)17-4-2-16(3-5-17)14-34-15-18-8-10-31-24(23(18)25(34)35)36-22-7-6-20(26(27,28)29)12-19(22)13-30/h2-12H,14-15H2,1H3. The van der Waals surface area contributed by atoms with Crippen LogP contribution in [0.4, 0.5) is 13.2 Å². The number of hydrogen-bond acceptors (Lipinski definition) is 5. The number of halogens is 3. The fourth-order valence-electron chi connectivity index (χ4n) is 4.04. The summed E-state index contributed by atoms with van der Waals surface area (Å²) < 4.78 is 46.4. The second-order valence-electron chi connectivity index (χ2n) is 8.31. The molecule has 2 aromatic heterocycles. The van der Waals surface area contributed by atoms with Gasteiger partial charge in [0.2, 0.25) is 5.88 Å².